The molecule has 1 amide bonds. The van der Waals surface area contributed by atoms with E-state index in [1.54, 1.807) is 16.2 Å². The first-order chi connectivity index (χ1) is 7.91. The number of hydrogen-bond donors (Lipinski definition) is 1. The highest BCUT2D eigenvalue weighted by Gasteiger charge is 2.17. The van der Waals surface area contributed by atoms with E-state index in [0.717, 1.165) is 0 Å². The van der Waals surface area contributed by atoms with E-state index in [-0.39, 0.29) is 11.9 Å². The smallest absolute Gasteiger partial charge is 0.224 e. The number of carbonyl (C=O) groups excluding carboxylic acids is 1. The lowest BCUT2D eigenvalue weighted by molar-refractivity contribution is -0.130. The second kappa shape index (κ2) is 6.17. The quantitative estimate of drug-likeness (QED) is 0.877. The molecule has 3 nitrogen and oxygen atoms in total. The molecule has 1 atom stereocenters. The summed E-state index contributed by atoms with van der Waals surface area (Å²) in [4.78, 5) is 15.0. The lowest BCUT2D eigenvalue weighted by atomic mass is 10.0. The fourth-order valence-corrected chi connectivity index (χ4v) is 2.42. The van der Waals surface area contributed by atoms with E-state index in [2.05, 4.69) is 18.4 Å². The van der Waals surface area contributed by atoms with Gasteiger partial charge in [0.05, 0.1) is 6.54 Å². The SMILES string of the molecule is Cc1ccsc1CN(C)C(=O)CC(N)C(C)C. The third-order valence-electron chi connectivity index (χ3n) is 3.04. The summed E-state index contributed by atoms with van der Waals surface area (Å²) >= 11 is 1.70. The molecule has 0 bridgehead atoms. The van der Waals surface area contributed by atoms with Gasteiger partial charge in [0, 0.05) is 24.4 Å². The Kier molecular flexibility index (Phi) is 5.15. The zero-order chi connectivity index (χ0) is 13.0. The van der Waals surface area contributed by atoms with E-state index in [1.807, 2.05) is 20.9 Å². The predicted molar refractivity (Wildman–Crippen MR) is 73.0 cm³/mol. The van der Waals surface area contributed by atoms with Crippen LogP contribution < -0.4 is 5.73 Å². The summed E-state index contributed by atoms with van der Waals surface area (Å²) < 4.78 is 0. The molecule has 0 aliphatic heterocycles. The molecule has 0 spiro atoms. The Hall–Kier alpha value is -0.870. The van der Waals surface area contributed by atoms with E-state index in [4.69, 9.17) is 5.73 Å². The van der Waals surface area contributed by atoms with Crippen LogP contribution in [0.3, 0.4) is 0 Å². The van der Waals surface area contributed by atoms with Crippen molar-refractivity contribution in [2.45, 2.75) is 39.8 Å². The minimum atomic E-state index is -0.0469. The van der Waals surface area contributed by atoms with Crippen molar-refractivity contribution in [3.05, 3.63) is 21.9 Å². The van der Waals surface area contributed by atoms with Gasteiger partial charge >= 0.3 is 0 Å². The maximum Gasteiger partial charge on any atom is 0.224 e. The van der Waals surface area contributed by atoms with Gasteiger partial charge in [-0.1, -0.05) is 13.8 Å². The molecular formula is C13H22N2OS. The summed E-state index contributed by atoms with van der Waals surface area (Å²) in [6.07, 6.45) is 0.429. The molecule has 0 aromatic carbocycles. The number of thiophene rings is 1. The molecule has 0 saturated heterocycles. The second-order valence-electron chi connectivity index (χ2n) is 4.89. The van der Waals surface area contributed by atoms with Crippen LogP contribution in [0, 0.1) is 12.8 Å². The molecule has 1 rings (SSSR count). The molecule has 0 fully saturated rings. The van der Waals surface area contributed by atoms with E-state index in [9.17, 15) is 4.79 Å². The molecule has 1 unspecified atom stereocenters. The summed E-state index contributed by atoms with van der Waals surface area (Å²) in [5.74, 6) is 0.467. The zero-order valence-electron chi connectivity index (χ0n) is 11.1. The third kappa shape index (κ3) is 4.13. The van der Waals surface area contributed by atoms with Gasteiger partial charge in [-0.15, -0.1) is 11.3 Å². The molecule has 0 saturated carbocycles. The van der Waals surface area contributed by atoms with E-state index < -0.39 is 0 Å². The topological polar surface area (TPSA) is 46.3 Å². The number of hydrogen-bond acceptors (Lipinski definition) is 3. The van der Waals surface area contributed by atoms with Crippen LogP contribution in [0.15, 0.2) is 11.4 Å². The van der Waals surface area contributed by atoms with Crippen molar-refractivity contribution < 1.29 is 4.79 Å². The van der Waals surface area contributed by atoms with Crippen molar-refractivity contribution in [1.82, 2.24) is 4.90 Å². The van der Waals surface area contributed by atoms with Crippen LogP contribution in [0.25, 0.3) is 0 Å². The Morgan fingerprint density at radius 1 is 1.53 bits per heavy atom. The lowest BCUT2D eigenvalue weighted by Crippen LogP contribution is -2.35. The minimum Gasteiger partial charge on any atom is -0.341 e. The number of rotatable bonds is 5. The first kappa shape index (κ1) is 14.2. The Morgan fingerprint density at radius 3 is 2.65 bits per heavy atom. The third-order valence-corrected chi connectivity index (χ3v) is 4.05. The maximum absolute atomic E-state index is 11.9. The zero-order valence-corrected chi connectivity index (χ0v) is 11.9. The van der Waals surface area contributed by atoms with Gasteiger partial charge in [-0.2, -0.15) is 0 Å². The molecule has 0 radical (unpaired) electrons. The van der Waals surface area contributed by atoms with E-state index in [1.165, 1.54) is 10.4 Å². The van der Waals surface area contributed by atoms with E-state index in [0.29, 0.717) is 18.9 Å². The van der Waals surface area contributed by atoms with Crippen LogP contribution in [0.1, 0.15) is 30.7 Å². The summed E-state index contributed by atoms with van der Waals surface area (Å²) in [6.45, 7) is 6.85. The lowest BCUT2D eigenvalue weighted by Gasteiger charge is -2.21. The summed E-state index contributed by atoms with van der Waals surface area (Å²) in [6, 6.07) is 2.03. The molecule has 2 N–H and O–H groups in total. The van der Waals surface area contributed by atoms with Crippen molar-refractivity contribution in [1.29, 1.82) is 0 Å². The molecule has 4 heteroatoms. The van der Waals surface area contributed by atoms with Crippen LogP contribution >= 0.6 is 11.3 Å². The predicted octanol–water partition coefficient (Wildman–Crippen LogP) is 2.39. The molecular weight excluding hydrogens is 232 g/mol. The number of nitrogens with zero attached hydrogens (tertiary/aromatic N) is 1. The average molecular weight is 254 g/mol. The summed E-state index contributed by atoms with van der Waals surface area (Å²) in [5, 5.41) is 2.06. The first-order valence-corrected chi connectivity index (χ1v) is 6.82. The number of nitrogens with two attached hydrogens (primary N) is 1. The highest BCUT2D eigenvalue weighted by atomic mass is 32.1. The Labute approximate surface area is 108 Å². The maximum atomic E-state index is 11.9. The van der Waals surface area contributed by atoms with Gasteiger partial charge in [-0.05, 0) is 29.9 Å². The van der Waals surface area contributed by atoms with Crippen LogP contribution in [-0.2, 0) is 11.3 Å². The van der Waals surface area contributed by atoms with Crippen molar-refractivity contribution in [2.24, 2.45) is 11.7 Å². The standard InChI is InChI=1S/C13H22N2OS/c1-9(2)11(14)7-13(16)15(4)8-12-10(3)5-6-17-12/h5-6,9,11H,7-8,14H2,1-4H3. The molecule has 0 aliphatic rings. The van der Waals surface area contributed by atoms with Gasteiger partial charge in [0.1, 0.15) is 0 Å². The van der Waals surface area contributed by atoms with Gasteiger partial charge in [0.15, 0.2) is 0 Å². The number of amides is 1. The van der Waals surface area contributed by atoms with Gasteiger partial charge in [-0.3, -0.25) is 4.79 Å². The van der Waals surface area contributed by atoms with Crippen molar-refractivity contribution >= 4 is 17.2 Å². The second-order valence-corrected chi connectivity index (χ2v) is 5.89. The van der Waals surface area contributed by atoms with Crippen LogP contribution in [0.2, 0.25) is 0 Å². The first-order valence-electron chi connectivity index (χ1n) is 5.94. The Morgan fingerprint density at radius 2 is 2.18 bits per heavy atom. The van der Waals surface area contributed by atoms with Gasteiger partial charge in [0.25, 0.3) is 0 Å². The van der Waals surface area contributed by atoms with Crippen molar-refractivity contribution in [3.63, 3.8) is 0 Å². The molecule has 0 aliphatic carbocycles. The van der Waals surface area contributed by atoms with Crippen molar-refractivity contribution in [2.75, 3.05) is 7.05 Å². The summed E-state index contributed by atoms with van der Waals surface area (Å²) in [7, 11) is 1.84. The van der Waals surface area contributed by atoms with Gasteiger partial charge in [0.2, 0.25) is 5.91 Å². The Bertz CT molecular complexity index is 373. The minimum absolute atomic E-state index is 0.0469. The van der Waals surface area contributed by atoms with Gasteiger partial charge < -0.3 is 10.6 Å². The molecule has 96 valence electrons. The summed E-state index contributed by atoms with van der Waals surface area (Å²) in [5.41, 5.74) is 7.17. The molecule has 1 heterocycles. The normalized spacial score (nSPS) is 12.8. The molecule has 1 aromatic heterocycles. The highest BCUT2D eigenvalue weighted by Crippen LogP contribution is 2.17. The number of aryl methyl sites for hydroxylation is 1. The number of carbonyl (C=O) groups is 1. The largest absolute Gasteiger partial charge is 0.341 e. The Balaban J connectivity index is 2.50. The fraction of sp³-hybridized carbons (Fsp3) is 0.615. The fourth-order valence-electron chi connectivity index (χ4n) is 1.46. The average Bonchev–Trinajstić information content (AvgIpc) is 2.64. The van der Waals surface area contributed by atoms with Gasteiger partial charge in [-0.25, -0.2) is 0 Å². The molecule has 1 aromatic rings. The van der Waals surface area contributed by atoms with Crippen LogP contribution in [0.4, 0.5) is 0 Å². The highest BCUT2D eigenvalue weighted by molar-refractivity contribution is 7.10. The monoisotopic (exact) mass is 254 g/mol. The van der Waals surface area contributed by atoms with Crippen LogP contribution in [0.5, 0.6) is 0 Å². The molecule has 17 heavy (non-hydrogen) atoms. The van der Waals surface area contributed by atoms with Crippen LogP contribution in [-0.4, -0.2) is 23.9 Å². The van der Waals surface area contributed by atoms with E-state index >= 15 is 0 Å². The van der Waals surface area contributed by atoms with Crippen molar-refractivity contribution in [3.8, 4) is 0 Å².